The SMILES string of the molecule is COc1ncc(NC(=O)C(=O)N2C[C@@H](C)CC[C@@H]2c2ccc3nn(C4CCN(C)CC4)cc3c2)cc1C(N)=O. The Morgan fingerprint density at radius 2 is 1.87 bits per heavy atom. The predicted octanol–water partition coefficient (Wildman–Crippen LogP) is 2.74. The Morgan fingerprint density at radius 3 is 2.59 bits per heavy atom. The minimum atomic E-state index is -0.798. The van der Waals surface area contributed by atoms with Crippen molar-refractivity contribution in [1.29, 1.82) is 0 Å². The van der Waals surface area contributed by atoms with Gasteiger partial charge in [-0.1, -0.05) is 13.0 Å². The number of ether oxygens (including phenoxy) is 1. The van der Waals surface area contributed by atoms with E-state index >= 15 is 0 Å². The number of hydrogen-bond acceptors (Lipinski definition) is 7. The van der Waals surface area contributed by atoms with Crippen molar-refractivity contribution in [2.24, 2.45) is 11.7 Å². The number of nitrogens with one attached hydrogen (secondary N) is 1. The molecule has 4 heterocycles. The number of carbonyl (C=O) groups excluding carboxylic acids is 3. The lowest BCUT2D eigenvalue weighted by Gasteiger charge is -2.38. The van der Waals surface area contributed by atoms with Crippen LogP contribution in [0, 0.1) is 5.92 Å². The van der Waals surface area contributed by atoms with Gasteiger partial charge in [0.1, 0.15) is 5.56 Å². The topological polar surface area (TPSA) is 136 Å². The number of carbonyl (C=O) groups is 3. The van der Waals surface area contributed by atoms with Gasteiger partial charge in [-0.2, -0.15) is 5.10 Å². The minimum absolute atomic E-state index is 0.0151. The van der Waals surface area contributed by atoms with Crippen molar-refractivity contribution in [3.63, 3.8) is 0 Å². The molecule has 1 aromatic carbocycles. The number of benzene rings is 1. The van der Waals surface area contributed by atoms with Crippen molar-refractivity contribution < 1.29 is 19.1 Å². The largest absolute Gasteiger partial charge is 0.480 e. The van der Waals surface area contributed by atoms with Crippen LogP contribution in [0.15, 0.2) is 36.7 Å². The second-order valence-electron chi connectivity index (χ2n) is 10.7. The maximum atomic E-state index is 13.4. The maximum absolute atomic E-state index is 13.4. The maximum Gasteiger partial charge on any atom is 0.313 e. The van der Waals surface area contributed by atoms with E-state index in [4.69, 9.17) is 15.6 Å². The number of likely N-dealkylation sites (tertiary alicyclic amines) is 2. The summed E-state index contributed by atoms with van der Waals surface area (Å²) < 4.78 is 7.13. The molecular formula is C28H35N7O4. The third kappa shape index (κ3) is 5.58. The minimum Gasteiger partial charge on any atom is -0.480 e. The molecule has 39 heavy (non-hydrogen) atoms. The monoisotopic (exact) mass is 533 g/mol. The Kier molecular flexibility index (Phi) is 7.51. The zero-order valence-corrected chi connectivity index (χ0v) is 22.6. The van der Waals surface area contributed by atoms with E-state index in [1.807, 2.05) is 12.1 Å². The molecule has 11 nitrogen and oxygen atoms in total. The van der Waals surface area contributed by atoms with Crippen molar-refractivity contribution in [2.75, 3.05) is 39.1 Å². The summed E-state index contributed by atoms with van der Waals surface area (Å²) in [6.07, 6.45) is 7.27. The van der Waals surface area contributed by atoms with Crippen molar-refractivity contribution >= 4 is 34.3 Å². The van der Waals surface area contributed by atoms with Gasteiger partial charge in [-0.25, -0.2) is 4.98 Å². The molecule has 2 saturated heterocycles. The van der Waals surface area contributed by atoms with Gasteiger partial charge in [-0.3, -0.25) is 19.1 Å². The van der Waals surface area contributed by atoms with Gasteiger partial charge in [-0.05, 0) is 75.5 Å². The highest BCUT2D eigenvalue weighted by molar-refractivity contribution is 6.39. The van der Waals surface area contributed by atoms with E-state index < -0.39 is 17.7 Å². The van der Waals surface area contributed by atoms with E-state index in [9.17, 15) is 14.4 Å². The molecule has 0 saturated carbocycles. The van der Waals surface area contributed by atoms with Crippen LogP contribution < -0.4 is 15.8 Å². The summed E-state index contributed by atoms with van der Waals surface area (Å²) in [7, 11) is 3.51. The number of nitrogens with zero attached hydrogens (tertiary/aromatic N) is 5. The highest BCUT2D eigenvalue weighted by Crippen LogP contribution is 2.35. The lowest BCUT2D eigenvalue weighted by atomic mass is 9.89. The number of fused-ring (bicyclic) bond motifs is 1. The number of aromatic nitrogens is 3. The van der Waals surface area contributed by atoms with Crippen LogP contribution in [0.4, 0.5) is 5.69 Å². The number of methoxy groups -OCH3 is 1. The number of piperidine rings is 2. The van der Waals surface area contributed by atoms with Crippen LogP contribution in [0.1, 0.15) is 60.6 Å². The Bertz CT molecular complexity index is 1400. The third-order valence-corrected chi connectivity index (χ3v) is 7.83. The predicted molar refractivity (Wildman–Crippen MR) is 146 cm³/mol. The second-order valence-corrected chi connectivity index (χ2v) is 10.7. The average molecular weight is 534 g/mol. The van der Waals surface area contributed by atoms with Gasteiger partial charge in [0.05, 0.1) is 36.6 Å². The fourth-order valence-electron chi connectivity index (χ4n) is 5.62. The van der Waals surface area contributed by atoms with Crippen LogP contribution in [-0.4, -0.2) is 76.1 Å². The molecule has 0 radical (unpaired) electrons. The van der Waals surface area contributed by atoms with E-state index in [-0.39, 0.29) is 29.1 Å². The number of anilines is 1. The highest BCUT2D eigenvalue weighted by atomic mass is 16.5. The fourth-order valence-corrected chi connectivity index (χ4v) is 5.62. The summed E-state index contributed by atoms with van der Waals surface area (Å²) in [5, 5.41) is 8.43. The van der Waals surface area contributed by atoms with Gasteiger partial charge in [0.25, 0.3) is 5.91 Å². The zero-order valence-electron chi connectivity index (χ0n) is 22.6. The lowest BCUT2D eigenvalue weighted by Crippen LogP contribution is -2.46. The van der Waals surface area contributed by atoms with Crippen molar-refractivity contribution in [1.82, 2.24) is 24.6 Å². The first kappa shape index (κ1) is 26.6. The summed E-state index contributed by atoms with van der Waals surface area (Å²) in [6, 6.07) is 7.62. The molecule has 0 bridgehead atoms. The number of amides is 3. The first-order valence-corrected chi connectivity index (χ1v) is 13.4. The number of primary amides is 1. The molecule has 2 aromatic heterocycles. The quantitative estimate of drug-likeness (QED) is 0.481. The average Bonchev–Trinajstić information content (AvgIpc) is 3.36. The summed E-state index contributed by atoms with van der Waals surface area (Å²) >= 11 is 0. The van der Waals surface area contributed by atoms with Crippen LogP contribution in [0.2, 0.25) is 0 Å². The van der Waals surface area contributed by atoms with E-state index in [1.165, 1.54) is 19.4 Å². The van der Waals surface area contributed by atoms with Crippen molar-refractivity contribution in [2.45, 2.75) is 44.7 Å². The first-order chi connectivity index (χ1) is 18.7. The number of hydrogen-bond donors (Lipinski definition) is 2. The standard InChI is InChI=1S/C28H35N7O4/c1-17-4-7-24(18-5-6-23-19(12-18)16-35(32-23)21-8-10-33(2)11-9-21)34(15-17)28(38)26(37)31-20-13-22(25(29)36)27(39-3)30-14-20/h5-6,12-14,16-17,21,24H,4,7-11,15H2,1-3H3,(H2,29,36)(H,31,37)/t17-,24+/m0/s1. The lowest BCUT2D eigenvalue weighted by molar-refractivity contribution is -0.146. The molecule has 2 aliphatic heterocycles. The summed E-state index contributed by atoms with van der Waals surface area (Å²) in [5.41, 5.74) is 7.51. The fraction of sp³-hybridized carbons (Fsp3) is 0.464. The normalized spacial score (nSPS) is 20.6. The zero-order chi connectivity index (χ0) is 27.7. The van der Waals surface area contributed by atoms with Gasteiger partial charge in [0, 0.05) is 18.1 Å². The highest BCUT2D eigenvalue weighted by Gasteiger charge is 2.34. The Morgan fingerprint density at radius 1 is 1.10 bits per heavy atom. The van der Waals surface area contributed by atoms with E-state index in [2.05, 4.69) is 46.1 Å². The number of nitrogens with two attached hydrogens (primary N) is 1. The molecule has 3 aromatic rings. The molecule has 0 unspecified atom stereocenters. The van der Waals surface area contributed by atoms with Crippen LogP contribution in [0.25, 0.3) is 10.9 Å². The summed E-state index contributed by atoms with van der Waals surface area (Å²) in [6.45, 7) is 4.66. The molecule has 2 fully saturated rings. The molecular weight excluding hydrogens is 498 g/mol. The Hall–Kier alpha value is -3.99. The smallest absolute Gasteiger partial charge is 0.313 e. The van der Waals surface area contributed by atoms with Crippen LogP contribution >= 0.6 is 0 Å². The van der Waals surface area contributed by atoms with Crippen LogP contribution in [-0.2, 0) is 9.59 Å². The van der Waals surface area contributed by atoms with E-state index in [1.54, 1.807) is 4.90 Å². The molecule has 5 rings (SSSR count). The van der Waals surface area contributed by atoms with Crippen molar-refractivity contribution in [3.05, 3.63) is 47.8 Å². The first-order valence-electron chi connectivity index (χ1n) is 13.4. The Balaban J connectivity index is 1.36. The van der Waals surface area contributed by atoms with Gasteiger partial charge in [0.15, 0.2) is 0 Å². The van der Waals surface area contributed by atoms with Crippen molar-refractivity contribution in [3.8, 4) is 5.88 Å². The van der Waals surface area contributed by atoms with Crippen LogP contribution in [0.5, 0.6) is 5.88 Å². The molecule has 0 spiro atoms. The molecule has 2 aliphatic rings. The van der Waals surface area contributed by atoms with E-state index in [0.29, 0.717) is 12.6 Å². The Labute approximate surface area is 227 Å². The van der Waals surface area contributed by atoms with E-state index in [0.717, 1.165) is 55.2 Å². The van der Waals surface area contributed by atoms with Gasteiger partial charge in [-0.15, -0.1) is 0 Å². The van der Waals surface area contributed by atoms with Gasteiger partial charge < -0.3 is 25.6 Å². The molecule has 2 atom stereocenters. The second kappa shape index (κ2) is 11.0. The molecule has 11 heteroatoms. The molecule has 0 aliphatic carbocycles. The number of pyridine rings is 1. The summed E-state index contributed by atoms with van der Waals surface area (Å²) in [5.74, 6) is -1.87. The van der Waals surface area contributed by atoms with Crippen LogP contribution in [0.3, 0.4) is 0 Å². The summed E-state index contributed by atoms with van der Waals surface area (Å²) in [4.78, 5) is 46.2. The molecule has 3 N–H and O–H groups in total. The van der Waals surface area contributed by atoms with Gasteiger partial charge >= 0.3 is 11.8 Å². The molecule has 206 valence electrons. The molecule has 3 amide bonds. The third-order valence-electron chi connectivity index (χ3n) is 7.83. The number of rotatable bonds is 5. The van der Waals surface area contributed by atoms with Gasteiger partial charge in [0.2, 0.25) is 5.88 Å².